The number of aryl methyl sites for hydroxylation is 1. The molecule has 0 aliphatic heterocycles. The number of anilines is 3. The number of halogens is 1. The van der Waals surface area contributed by atoms with Crippen LogP contribution in [-0.2, 0) is 7.05 Å². The van der Waals surface area contributed by atoms with Crippen molar-refractivity contribution in [3.05, 3.63) is 52.5 Å². The first-order chi connectivity index (χ1) is 14.0. The van der Waals surface area contributed by atoms with Gasteiger partial charge in [-0.05, 0) is 37.1 Å². The highest BCUT2D eigenvalue weighted by Crippen LogP contribution is 2.31. The zero-order valence-corrected chi connectivity index (χ0v) is 16.5. The monoisotopic (exact) mass is 409 g/mol. The molecule has 1 saturated carbocycles. The molecule has 1 aliphatic carbocycles. The fraction of sp³-hybridized carbons (Fsp3) is 0.200. The Morgan fingerprint density at radius 3 is 2.86 bits per heavy atom. The molecule has 5 N–H and O–H groups in total. The SMILES string of the molecule is Cn1nc(-c2cccc(C(=O)NC3CC3)c2)nc1Nc1ccc(N)c(C=N)c1Cl. The lowest BCUT2D eigenvalue weighted by Crippen LogP contribution is -2.25. The van der Waals surface area contributed by atoms with Gasteiger partial charge in [0.2, 0.25) is 5.95 Å². The van der Waals surface area contributed by atoms with Crippen molar-refractivity contribution in [1.82, 2.24) is 20.1 Å². The zero-order valence-electron chi connectivity index (χ0n) is 15.7. The molecule has 0 unspecified atom stereocenters. The number of benzene rings is 2. The zero-order chi connectivity index (χ0) is 20.5. The molecule has 0 radical (unpaired) electrons. The summed E-state index contributed by atoms with van der Waals surface area (Å²) in [6.45, 7) is 0. The van der Waals surface area contributed by atoms with Gasteiger partial charge in [-0.3, -0.25) is 4.79 Å². The van der Waals surface area contributed by atoms with Gasteiger partial charge in [0.25, 0.3) is 5.91 Å². The molecule has 9 heteroatoms. The van der Waals surface area contributed by atoms with Gasteiger partial charge in [0, 0.05) is 41.7 Å². The quantitative estimate of drug-likeness (QED) is 0.367. The standard InChI is InChI=1S/C20H20ClN7O/c1-28-20(25-16-8-7-15(23)14(10-22)17(16)21)26-18(27-28)11-3-2-4-12(9-11)19(29)24-13-5-6-13/h2-4,7-10,13,22H,5-6,23H2,1H3,(H,24,29)(H,25,26,27). The minimum atomic E-state index is -0.0866. The molecule has 3 aromatic rings. The number of aromatic nitrogens is 3. The maximum Gasteiger partial charge on any atom is 0.251 e. The molecule has 0 atom stereocenters. The predicted octanol–water partition coefficient (Wildman–Crippen LogP) is 3.35. The van der Waals surface area contributed by atoms with Crippen molar-refractivity contribution in [2.75, 3.05) is 11.1 Å². The van der Waals surface area contributed by atoms with Gasteiger partial charge in [-0.15, -0.1) is 5.10 Å². The van der Waals surface area contributed by atoms with Crippen LogP contribution in [0.2, 0.25) is 5.02 Å². The van der Waals surface area contributed by atoms with E-state index in [9.17, 15) is 4.79 Å². The lowest BCUT2D eigenvalue weighted by atomic mass is 10.1. The minimum Gasteiger partial charge on any atom is -0.398 e. The van der Waals surface area contributed by atoms with E-state index in [0.29, 0.717) is 45.3 Å². The Morgan fingerprint density at radius 2 is 2.14 bits per heavy atom. The average molecular weight is 410 g/mol. The van der Waals surface area contributed by atoms with Crippen LogP contribution in [-0.4, -0.2) is 32.9 Å². The van der Waals surface area contributed by atoms with Crippen LogP contribution in [0.4, 0.5) is 17.3 Å². The van der Waals surface area contributed by atoms with E-state index in [1.807, 2.05) is 12.1 Å². The molecule has 1 amide bonds. The maximum absolute atomic E-state index is 12.3. The largest absolute Gasteiger partial charge is 0.398 e. The number of rotatable bonds is 6. The Labute approximate surface area is 172 Å². The molecule has 29 heavy (non-hydrogen) atoms. The summed E-state index contributed by atoms with van der Waals surface area (Å²) < 4.78 is 1.59. The van der Waals surface area contributed by atoms with E-state index in [1.165, 1.54) is 0 Å². The summed E-state index contributed by atoms with van der Waals surface area (Å²) in [5, 5.41) is 18.4. The molecule has 0 bridgehead atoms. The number of nitrogens with zero attached hydrogens (tertiary/aromatic N) is 3. The third-order valence-corrected chi connectivity index (χ3v) is 5.07. The van der Waals surface area contributed by atoms with Gasteiger partial charge in [-0.1, -0.05) is 23.7 Å². The number of carbonyl (C=O) groups is 1. The molecule has 0 saturated heterocycles. The van der Waals surface area contributed by atoms with Crippen LogP contribution >= 0.6 is 11.6 Å². The summed E-state index contributed by atoms with van der Waals surface area (Å²) in [6, 6.07) is 10.9. The molecule has 2 aromatic carbocycles. The number of nitrogen functional groups attached to an aromatic ring is 1. The first-order valence-corrected chi connectivity index (χ1v) is 9.52. The van der Waals surface area contributed by atoms with E-state index in [1.54, 1.807) is 36.0 Å². The van der Waals surface area contributed by atoms with Crippen molar-refractivity contribution < 1.29 is 4.79 Å². The maximum atomic E-state index is 12.3. The van der Waals surface area contributed by atoms with E-state index < -0.39 is 0 Å². The molecule has 8 nitrogen and oxygen atoms in total. The van der Waals surface area contributed by atoms with E-state index in [2.05, 4.69) is 20.7 Å². The number of nitrogens with two attached hydrogens (primary N) is 1. The molecule has 4 rings (SSSR count). The van der Waals surface area contributed by atoms with Crippen LogP contribution in [0.5, 0.6) is 0 Å². The van der Waals surface area contributed by atoms with Crippen molar-refractivity contribution in [2.45, 2.75) is 18.9 Å². The third-order valence-electron chi connectivity index (χ3n) is 4.66. The van der Waals surface area contributed by atoms with Gasteiger partial charge < -0.3 is 21.8 Å². The Balaban J connectivity index is 1.60. The second-order valence-electron chi connectivity index (χ2n) is 6.91. The van der Waals surface area contributed by atoms with Crippen LogP contribution in [0, 0.1) is 5.41 Å². The Hall–Kier alpha value is -3.39. The number of hydrogen-bond donors (Lipinski definition) is 4. The predicted molar refractivity (Wildman–Crippen MR) is 114 cm³/mol. The third kappa shape index (κ3) is 3.93. The minimum absolute atomic E-state index is 0.0866. The Bertz CT molecular complexity index is 1100. The highest BCUT2D eigenvalue weighted by Gasteiger charge is 2.24. The number of amides is 1. The van der Waals surface area contributed by atoms with Crippen LogP contribution in [0.1, 0.15) is 28.8 Å². The van der Waals surface area contributed by atoms with Gasteiger partial charge in [0.15, 0.2) is 5.82 Å². The fourth-order valence-corrected chi connectivity index (χ4v) is 3.16. The van der Waals surface area contributed by atoms with Crippen LogP contribution in [0.15, 0.2) is 36.4 Å². The molecule has 0 spiro atoms. The first-order valence-electron chi connectivity index (χ1n) is 9.14. The number of carbonyl (C=O) groups excluding carboxylic acids is 1. The summed E-state index contributed by atoms with van der Waals surface area (Å²) >= 11 is 6.35. The molecule has 148 valence electrons. The van der Waals surface area contributed by atoms with Gasteiger partial charge in [-0.25, -0.2) is 4.68 Å². The lowest BCUT2D eigenvalue weighted by Gasteiger charge is -2.10. The van der Waals surface area contributed by atoms with Crippen LogP contribution in [0.25, 0.3) is 11.4 Å². The average Bonchev–Trinajstić information content (AvgIpc) is 3.45. The van der Waals surface area contributed by atoms with Crippen LogP contribution in [0.3, 0.4) is 0 Å². The fourth-order valence-electron chi connectivity index (χ4n) is 2.88. The molecule has 1 aromatic heterocycles. The summed E-state index contributed by atoms with van der Waals surface area (Å²) in [4.78, 5) is 16.8. The Morgan fingerprint density at radius 1 is 1.34 bits per heavy atom. The van der Waals surface area contributed by atoms with E-state index >= 15 is 0 Å². The molecule has 1 fully saturated rings. The van der Waals surface area contributed by atoms with E-state index in [0.717, 1.165) is 24.6 Å². The summed E-state index contributed by atoms with van der Waals surface area (Å²) in [6.07, 6.45) is 3.19. The van der Waals surface area contributed by atoms with Crippen LogP contribution < -0.4 is 16.4 Å². The van der Waals surface area contributed by atoms with Crippen molar-refractivity contribution in [3.8, 4) is 11.4 Å². The highest BCUT2D eigenvalue weighted by molar-refractivity contribution is 6.36. The summed E-state index contributed by atoms with van der Waals surface area (Å²) in [5.41, 5.74) is 8.59. The Kier molecular flexibility index (Phi) is 4.94. The van der Waals surface area contributed by atoms with Crippen molar-refractivity contribution in [2.24, 2.45) is 7.05 Å². The van der Waals surface area contributed by atoms with E-state index in [-0.39, 0.29) is 5.91 Å². The van der Waals surface area contributed by atoms with Gasteiger partial charge in [0.05, 0.1) is 10.7 Å². The number of nitrogens with one attached hydrogen (secondary N) is 3. The number of hydrogen-bond acceptors (Lipinski definition) is 6. The molecule has 1 heterocycles. The lowest BCUT2D eigenvalue weighted by molar-refractivity contribution is 0.0951. The summed E-state index contributed by atoms with van der Waals surface area (Å²) in [7, 11) is 1.76. The first kappa shape index (κ1) is 18.9. The second kappa shape index (κ2) is 7.56. The second-order valence-corrected chi connectivity index (χ2v) is 7.29. The van der Waals surface area contributed by atoms with E-state index in [4.69, 9.17) is 22.7 Å². The normalized spacial score (nSPS) is 13.2. The topological polar surface area (TPSA) is 122 Å². The molecule has 1 aliphatic rings. The van der Waals surface area contributed by atoms with Crippen molar-refractivity contribution >= 4 is 41.0 Å². The van der Waals surface area contributed by atoms with Gasteiger partial charge >= 0.3 is 0 Å². The summed E-state index contributed by atoms with van der Waals surface area (Å²) in [5.74, 6) is 0.863. The highest BCUT2D eigenvalue weighted by atomic mass is 35.5. The smallest absolute Gasteiger partial charge is 0.251 e. The van der Waals surface area contributed by atoms with Crippen molar-refractivity contribution in [1.29, 1.82) is 5.41 Å². The van der Waals surface area contributed by atoms with Gasteiger partial charge in [-0.2, -0.15) is 4.98 Å². The van der Waals surface area contributed by atoms with Crippen molar-refractivity contribution in [3.63, 3.8) is 0 Å². The van der Waals surface area contributed by atoms with Gasteiger partial charge in [0.1, 0.15) is 0 Å². The molecular weight excluding hydrogens is 390 g/mol. The molecular formula is C20H20ClN7O.